The molecule has 0 spiro atoms. The van der Waals surface area contributed by atoms with Crippen LogP contribution in [-0.4, -0.2) is 264 Å². The molecule has 0 unspecified atom stereocenters. The highest BCUT2D eigenvalue weighted by atomic mass is 16.4. The van der Waals surface area contributed by atoms with Crippen LogP contribution in [0, 0.1) is 34.5 Å². The van der Waals surface area contributed by atoms with Gasteiger partial charge in [-0.2, -0.15) is 0 Å². The van der Waals surface area contributed by atoms with Gasteiger partial charge < -0.3 is 138 Å². The van der Waals surface area contributed by atoms with Crippen LogP contribution >= 0.6 is 0 Å². The van der Waals surface area contributed by atoms with Gasteiger partial charge in [0.05, 0.1) is 25.4 Å². The average molecular weight is 1830 g/mol. The number of guanidine groups is 2. The standard InChI is InChI=1S/C83H127N25O22/c1-11-43(8)66(108-69(117)50(84)34-48-37-90-39-94-48)80(128)107-65(42(6)7)78(126)103-58(33-47-36-93-51-22-16-15-21-49(47)51)75(123)95-44(9)67(115)105-60(38-109)77(125)98-52(23-17-29-91-82(86)87)70(118)99-55(26-28-63(113)114)73(121)101-56(31-40(2)3)76(124)100-54(25-27-62(111)112)72(120)97-53(24-18-30-92-83(88)89)71(119)102-57(32-46-19-13-12-14-20-46)74(122)96-45(10)68(116)106-64(41(4)5)79(127)104-59(81(129)130)35-61(85)110/h12-16,19-22,36-37,39-45,50,52-60,64-66,93,109H,11,17-18,23-35,38,84H2,1-10H3,(H2,85,110)(H,90,94)(H,95,123)(H,96,122)(H,97,120)(H,98,125)(H,99,118)(H,100,124)(H,101,121)(H,102,119)(H,103,126)(H,104,127)(H,105,115)(H,106,116)(H,107,128)(H,108,117)(H,111,112)(H,113,114)(H,129,130)(H4,86,87,91)(H4,88,89,92)/t43-,44-,45-,50-,52-,53-,54-,55-,56-,57-,58-,59-,60-,64-,65-,66-/m0/s1. The number of aromatic amines is 2. The minimum absolute atomic E-state index is 0.0418. The number of rotatable bonds is 58. The Labute approximate surface area is 750 Å². The van der Waals surface area contributed by atoms with Gasteiger partial charge in [0.25, 0.3) is 0 Å². The number of aliphatic hydroxyl groups excluding tert-OH is 1. The van der Waals surface area contributed by atoms with Crippen molar-refractivity contribution in [1.82, 2.24) is 100 Å². The summed E-state index contributed by atoms with van der Waals surface area (Å²) in [4.78, 5) is 258. The van der Waals surface area contributed by atoms with Crippen LogP contribution in [0.4, 0.5) is 0 Å². The molecule has 0 aliphatic heterocycles. The zero-order valence-electron chi connectivity index (χ0n) is 74.3. The van der Waals surface area contributed by atoms with Crippen molar-refractivity contribution in [3.63, 3.8) is 0 Å². The van der Waals surface area contributed by atoms with Crippen LogP contribution < -0.4 is 108 Å². The van der Waals surface area contributed by atoms with E-state index in [0.29, 0.717) is 34.1 Å². The van der Waals surface area contributed by atoms with Crippen LogP contribution in [0.1, 0.15) is 157 Å². The highest BCUT2D eigenvalue weighted by Gasteiger charge is 2.40. The maximum Gasteiger partial charge on any atom is 0.326 e. The van der Waals surface area contributed by atoms with E-state index in [0.717, 1.165) is 0 Å². The molecule has 2 heterocycles. The predicted octanol–water partition coefficient (Wildman–Crippen LogP) is -5.31. The van der Waals surface area contributed by atoms with Crippen molar-refractivity contribution in [3.8, 4) is 0 Å². The smallest absolute Gasteiger partial charge is 0.326 e. The number of carbonyl (C=O) groups excluding carboxylic acids is 15. The number of aliphatic hydroxyl groups is 1. The molecule has 0 bridgehead atoms. The van der Waals surface area contributed by atoms with Crippen molar-refractivity contribution in [3.05, 3.63) is 90.1 Å². The zero-order chi connectivity index (χ0) is 97.3. The molecule has 4 aromatic rings. The largest absolute Gasteiger partial charge is 0.481 e. The van der Waals surface area contributed by atoms with Gasteiger partial charge in [-0.25, -0.2) is 9.78 Å². The summed E-state index contributed by atoms with van der Waals surface area (Å²) in [5.41, 5.74) is 24.6. The third-order valence-corrected chi connectivity index (χ3v) is 20.7. The lowest BCUT2D eigenvalue weighted by molar-refractivity contribution is -0.144. The fraction of sp³-hybridized carbons (Fsp3) is 0.554. The number of H-pyrrole nitrogens is 2. The third-order valence-electron chi connectivity index (χ3n) is 20.7. The molecule has 0 fully saturated rings. The number of nitrogens with two attached hydrogens (primary N) is 4. The first kappa shape index (κ1) is 108. The number of fused-ring (bicyclic) bond motifs is 1. The summed E-state index contributed by atoms with van der Waals surface area (Å²) in [5, 5.41) is 96.1. The molecule has 0 aliphatic rings. The van der Waals surface area contributed by atoms with E-state index >= 15 is 0 Å². The van der Waals surface area contributed by atoms with E-state index < -0.39 is 271 Å². The van der Waals surface area contributed by atoms with E-state index in [9.17, 15) is 107 Å². The van der Waals surface area contributed by atoms with Gasteiger partial charge in [-0.15, -0.1) is 0 Å². The number of primary amides is 1. The number of carbonyl (C=O) groups is 18. The average Bonchev–Trinajstić information content (AvgIpc) is 1.71. The minimum Gasteiger partial charge on any atom is -0.481 e. The van der Waals surface area contributed by atoms with E-state index in [1.54, 1.807) is 102 Å². The number of hydrogen-bond donors (Lipinski definition) is 28. The number of para-hydroxylation sites is 1. The third kappa shape index (κ3) is 37.6. The summed E-state index contributed by atoms with van der Waals surface area (Å²) < 4.78 is 0. The molecule has 0 saturated carbocycles. The Bertz CT molecular complexity index is 4570. The van der Waals surface area contributed by atoms with Crippen LogP contribution in [0.5, 0.6) is 0 Å². The van der Waals surface area contributed by atoms with Crippen LogP contribution in [0.25, 0.3) is 10.9 Å². The number of aliphatic carboxylic acids is 3. The second kappa shape index (κ2) is 54.3. The predicted molar refractivity (Wildman–Crippen MR) is 470 cm³/mol. The molecule has 16 atom stereocenters. The molecule has 130 heavy (non-hydrogen) atoms. The Morgan fingerprint density at radius 3 is 1.28 bits per heavy atom. The normalized spacial score (nSPS) is 14.9. The Hall–Kier alpha value is -13.9. The quantitative estimate of drug-likeness (QED) is 0.0112. The number of hydrogen-bond acceptors (Lipinski definition) is 23. The summed E-state index contributed by atoms with van der Waals surface area (Å²) in [5.74, 6) is -23.1. The Morgan fingerprint density at radius 2 is 0.831 bits per heavy atom. The number of aromatic nitrogens is 3. The maximum absolute atomic E-state index is 14.7. The first-order valence-electron chi connectivity index (χ1n) is 42.5. The second-order valence-electron chi connectivity index (χ2n) is 32.6. The molecule has 716 valence electrons. The van der Waals surface area contributed by atoms with Crippen molar-refractivity contribution >= 4 is 129 Å². The number of nitrogens with one attached hydrogen (secondary N) is 20. The van der Waals surface area contributed by atoms with E-state index in [2.05, 4.69) is 100 Å². The molecule has 2 aromatic heterocycles. The van der Waals surface area contributed by atoms with Gasteiger partial charge in [0.2, 0.25) is 88.6 Å². The molecule has 0 radical (unpaired) electrons. The van der Waals surface area contributed by atoms with Crippen molar-refractivity contribution < 1.29 is 107 Å². The monoisotopic (exact) mass is 1830 g/mol. The Morgan fingerprint density at radius 1 is 0.431 bits per heavy atom. The van der Waals surface area contributed by atoms with Gasteiger partial charge in [-0.3, -0.25) is 92.3 Å². The lowest BCUT2D eigenvalue weighted by atomic mass is 9.95. The fourth-order valence-corrected chi connectivity index (χ4v) is 13.2. The number of carboxylic acids is 3. The highest BCUT2D eigenvalue weighted by Crippen LogP contribution is 2.21. The van der Waals surface area contributed by atoms with Crippen molar-refractivity contribution in [2.24, 2.45) is 46.6 Å². The molecular weight excluding hydrogens is 1700 g/mol. The lowest BCUT2D eigenvalue weighted by Crippen LogP contribution is -2.62. The molecule has 32 N–H and O–H groups in total. The van der Waals surface area contributed by atoms with Crippen LogP contribution in [-0.2, 0) is 106 Å². The number of carboxylic acid groups (broad SMARTS) is 3. The minimum atomic E-state index is -1.92. The number of nitrogens with zero attached hydrogens (tertiary/aromatic N) is 1. The van der Waals surface area contributed by atoms with Gasteiger partial charge in [0, 0.05) is 74.2 Å². The summed E-state index contributed by atoms with van der Waals surface area (Å²) in [7, 11) is 0. The number of imidazole rings is 1. The summed E-state index contributed by atoms with van der Waals surface area (Å²) >= 11 is 0. The first-order chi connectivity index (χ1) is 61.2. The van der Waals surface area contributed by atoms with Crippen LogP contribution in [0.2, 0.25) is 0 Å². The Kier molecular flexibility index (Phi) is 45.3. The van der Waals surface area contributed by atoms with Gasteiger partial charge in [-0.05, 0) is 99.7 Å². The molecule has 0 saturated heterocycles. The molecule has 2 aromatic carbocycles. The van der Waals surface area contributed by atoms with Crippen molar-refractivity contribution in [2.45, 2.75) is 250 Å². The second-order valence-corrected chi connectivity index (χ2v) is 32.6. The summed E-state index contributed by atoms with van der Waals surface area (Å²) in [6, 6.07) is -8.52. The molecule has 47 nitrogen and oxygen atoms in total. The van der Waals surface area contributed by atoms with Gasteiger partial charge in [0.15, 0.2) is 11.9 Å². The van der Waals surface area contributed by atoms with E-state index in [-0.39, 0.29) is 64.5 Å². The van der Waals surface area contributed by atoms with Gasteiger partial charge >= 0.3 is 17.9 Å². The van der Waals surface area contributed by atoms with Gasteiger partial charge in [-0.1, -0.05) is 110 Å². The molecule has 4 rings (SSSR count). The lowest BCUT2D eigenvalue weighted by Gasteiger charge is -2.30. The number of amides is 15. The van der Waals surface area contributed by atoms with Crippen LogP contribution in [0.3, 0.4) is 0 Å². The van der Waals surface area contributed by atoms with E-state index in [4.69, 9.17) is 33.8 Å². The zero-order valence-corrected chi connectivity index (χ0v) is 74.3. The van der Waals surface area contributed by atoms with Gasteiger partial charge in [0.1, 0.15) is 84.6 Å². The number of benzene rings is 2. The molecule has 47 heteroatoms. The summed E-state index contributed by atoms with van der Waals surface area (Å²) in [6.07, 6.45) is -0.313. The molecular formula is C83H127N25O22. The van der Waals surface area contributed by atoms with E-state index in [1.807, 2.05) is 0 Å². The topological polar surface area (TPSA) is 777 Å². The highest BCUT2D eigenvalue weighted by molar-refractivity contribution is 6.01. The first-order valence-corrected chi connectivity index (χ1v) is 42.5. The maximum atomic E-state index is 14.7. The fourth-order valence-electron chi connectivity index (χ4n) is 13.2. The van der Waals surface area contributed by atoms with Crippen LogP contribution in [0.15, 0.2) is 73.3 Å². The molecule has 15 amide bonds. The van der Waals surface area contributed by atoms with Crippen molar-refractivity contribution in [1.29, 1.82) is 10.8 Å². The van der Waals surface area contributed by atoms with E-state index in [1.165, 1.54) is 40.2 Å². The van der Waals surface area contributed by atoms with Crippen molar-refractivity contribution in [2.75, 3.05) is 19.7 Å². The Balaban J connectivity index is 1.61. The summed E-state index contributed by atoms with van der Waals surface area (Å²) in [6.45, 7) is 14.1. The molecule has 0 aliphatic carbocycles. The SMILES string of the molecule is CC[C@H](C)[C@H](NC(=O)[C@@H](N)Cc1cnc[nH]1)C(=O)N[C@H](C(=O)N[C@@H](Cc1c[nH]c2ccccc12)C(=O)N[C@@H](C)C(=O)N[C@@H](CO)C(=O)N[C@@H](CCCNC(=N)N)C(=O)N[C@@H](CCC(=O)O)C(=O)N[C@@H](CC(C)C)C(=O)N[C@@H](CCC(=O)O)C(=O)N[C@@H](CCCNC(=N)N)C(=O)N[C@@H](Cc1ccccc1)C(=O)N[C@@H](C)C(=O)N[C@H](C(=O)N[C@@H](CC(N)=O)C(=O)O)C(C)C)C(C)C.